The minimum atomic E-state index is -0.809. The van der Waals surface area contributed by atoms with Gasteiger partial charge in [0.25, 0.3) is 11.8 Å². The second kappa shape index (κ2) is 10.4. The number of hydrogen-bond donors (Lipinski definition) is 1. The first kappa shape index (κ1) is 25.8. The lowest BCUT2D eigenvalue weighted by atomic mass is 9.85. The average Bonchev–Trinajstić information content (AvgIpc) is 2.91. The van der Waals surface area contributed by atoms with Gasteiger partial charge in [0.05, 0.1) is 30.4 Å². The van der Waals surface area contributed by atoms with Gasteiger partial charge in [-0.15, -0.1) is 0 Å². The van der Waals surface area contributed by atoms with Crippen LogP contribution in [0.5, 0.6) is 0 Å². The van der Waals surface area contributed by atoms with Crippen molar-refractivity contribution in [2.24, 2.45) is 0 Å². The van der Waals surface area contributed by atoms with Gasteiger partial charge < -0.3 is 15.4 Å². The number of hydrogen-bond acceptors (Lipinski definition) is 8. The van der Waals surface area contributed by atoms with Crippen LogP contribution in [-0.2, 0) is 10.2 Å². The summed E-state index contributed by atoms with van der Waals surface area (Å²) in [4.78, 5) is 39.9. The van der Waals surface area contributed by atoms with E-state index < -0.39 is 17.2 Å². The topological polar surface area (TPSA) is 125 Å². The van der Waals surface area contributed by atoms with E-state index in [9.17, 15) is 14.9 Å². The minimum Gasteiger partial charge on any atom is -0.398 e. The van der Waals surface area contributed by atoms with Gasteiger partial charge in [-0.1, -0.05) is 18.2 Å². The number of nitrogens with zero attached hydrogens (tertiary/aromatic N) is 5. The predicted molar refractivity (Wildman–Crippen MR) is 142 cm³/mol. The molecule has 2 amide bonds. The second-order valence-electron chi connectivity index (χ2n) is 9.60. The Morgan fingerprint density at radius 3 is 2.46 bits per heavy atom. The smallest absolute Gasteiger partial charge is 0.284 e. The average molecular weight is 499 g/mol. The van der Waals surface area contributed by atoms with Crippen LogP contribution in [-0.4, -0.2) is 48.1 Å². The van der Waals surface area contributed by atoms with Crippen molar-refractivity contribution in [3.05, 3.63) is 76.6 Å². The number of aryl methyl sites for hydroxylation is 2. The molecule has 1 aliphatic rings. The molecular formula is C28H30N6O3. The van der Waals surface area contributed by atoms with Crippen LogP contribution in [0.3, 0.4) is 0 Å². The largest absolute Gasteiger partial charge is 0.398 e. The Labute approximate surface area is 216 Å². The fourth-order valence-corrected chi connectivity index (χ4v) is 4.01. The zero-order valence-corrected chi connectivity index (χ0v) is 21.5. The van der Waals surface area contributed by atoms with E-state index in [1.165, 1.54) is 0 Å². The molecule has 0 unspecified atom stereocenters. The molecule has 1 aliphatic heterocycles. The number of carbonyl (C=O) groups excluding carboxylic acids is 2. The zero-order valence-electron chi connectivity index (χ0n) is 21.5. The third-order valence-electron chi connectivity index (χ3n) is 6.39. The van der Waals surface area contributed by atoms with Crippen molar-refractivity contribution in [2.75, 3.05) is 41.8 Å². The summed E-state index contributed by atoms with van der Waals surface area (Å²) in [5, 5.41) is 9.58. The van der Waals surface area contributed by atoms with Gasteiger partial charge >= 0.3 is 0 Å². The number of nitrogens with two attached hydrogens (primary N) is 1. The molecule has 0 aliphatic carbocycles. The maximum absolute atomic E-state index is 14.0. The number of nitrogen functional groups attached to an aromatic ring is 1. The van der Waals surface area contributed by atoms with Crippen LogP contribution in [0.15, 0.2) is 48.5 Å². The van der Waals surface area contributed by atoms with Crippen LogP contribution in [0.4, 0.5) is 17.3 Å². The highest BCUT2D eigenvalue weighted by atomic mass is 16.5. The highest BCUT2D eigenvalue weighted by Crippen LogP contribution is 2.27. The summed E-state index contributed by atoms with van der Waals surface area (Å²) < 4.78 is 5.42. The van der Waals surface area contributed by atoms with E-state index in [0.717, 1.165) is 10.5 Å². The van der Waals surface area contributed by atoms with Crippen molar-refractivity contribution < 1.29 is 14.3 Å². The van der Waals surface area contributed by atoms with Crippen LogP contribution < -0.4 is 15.5 Å². The number of imide groups is 1. The summed E-state index contributed by atoms with van der Waals surface area (Å²) in [5.41, 5.74) is 8.59. The normalized spacial score (nSPS) is 13.6. The number of morpholine rings is 1. The van der Waals surface area contributed by atoms with Crippen molar-refractivity contribution in [2.45, 2.75) is 33.1 Å². The Balaban J connectivity index is 1.80. The number of ether oxygens (including phenoxy) is 1. The standard InChI is InChI=1S/C28H30N6O3/c1-18-8-9-22(16-23(18)30)34(25(35)20-6-5-7-21(15-20)28(3,4)17-29)26(36)24-14-19(2)31-27(32-24)33-10-12-37-13-11-33/h5-9,14-16H,10-13,30H2,1-4H3. The Bertz CT molecular complexity index is 1390. The number of nitriles is 1. The molecule has 190 valence electrons. The monoisotopic (exact) mass is 498 g/mol. The fourth-order valence-electron chi connectivity index (χ4n) is 4.01. The lowest BCUT2D eigenvalue weighted by Crippen LogP contribution is -2.40. The van der Waals surface area contributed by atoms with Gasteiger partial charge in [-0.25, -0.2) is 14.9 Å². The molecule has 0 saturated carbocycles. The highest BCUT2D eigenvalue weighted by Gasteiger charge is 2.30. The molecule has 0 radical (unpaired) electrons. The molecule has 1 fully saturated rings. The maximum atomic E-state index is 14.0. The van der Waals surface area contributed by atoms with Crippen LogP contribution in [0.1, 0.15) is 51.5 Å². The highest BCUT2D eigenvalue weighted by molar-refractivity contribution is 6.25. The lowest BCUT2D eigenvalue weighted by Gasteiger charge is -2.27. The van der Waals surface area contributed by atoms with Crippen molar-refractivity contribution in [3.63, 3.8) is 0 Å². The Morgan fingerprint density at radius 1 is 1.05 bits per heavy atom. The lowest BCUT2D eigenvalue weighted by molar-refractivity contribution is 0.0894. The quantitative estimate of drug-likeness (QED) is 0.416. The Hall–Kier alpha value is -4.29. The molecule has 4 rings (SSSR count). The summed E-state index contributed by atoms with van der Waals surface area (Å²) in [6.45, 7) is 9.49. The van der Waals surface area contributed by atoms with E-state index in [-0.39, 0.29) is 11.3 Å². The number of aromatic nitrogens is 2. The van der Waals surface area contributed by atoms with Gasteiger partial charge in [-0.2, -0.15) is 5.26 Å². The van der Waals surface area contributed by atoms with Crippen molar-refractivity contribution >= 4 is 29.1 Å². The van der Waals surface area contributed by atoms with E-state index in [0.29, 0.717) is 54.9 Å². The Kier molecular flexibility index (Phi) is 7.23. The first-order valence-corrected chi connectivity index (χ1v) is 12.1. The molecule has 2 aromatic carbocycles. The summed E-state index contributed by atoms with van der Waals surface area (Å²) in [6, 6.07) is 15.6. The minimum absolute atomic E-state index is 0.0926. The van der Waals surface area contributed by atoms with Crippen LogP contribution in [0.25, 0.3) is 0 Å². The van der Waals surface area contributed by atoms with Crippen molar-refractivity contribution in [1.82, 2.24) is 9.97 Å². The van der Waals surface area contributed by atoms with E-state index in [4.69, 9.17) is 10.5 Å². The van der Waals surface area contributed by atoms with Crippen molar-refractivity contribution in [1.29, 1.82) is 5.26 Å². The summed E-state index contributed by atoms with van der Waals surface area (Å²) in [6.07, 6.45) is 0. The summed E-state index contributed by atoms with van der Waals surface area (Å²) in [7, 11) is 0. The van der Waals surface area contributed by atoms with E-state index in [2.05, 4.69) is 16.0 Å². The molecule has 2 N–H and O–H groups in total. The molecule has 0 spiro atoms. The SMILES string of the molecule is Cc1cc(C(=O)N(C(=O)c2cccc(C(C)(C)C#N)c2)c2ccc(C)c(N)c2)nc(N2CCOCC2)n1. The summed E-state index contributed by atoms with van der Waals surface area (Å²) in [5.74, 6) is -0.730. The molecule has 1 aromatic heterocycles. The number of amides is 2. The van der Waals surface area contributed by atoms with E-state index in [1.807, 2.05) is 11.8 Å². The first-order valence-electron chi connectivity index (χ1n) is 12.1. The van der Waals surface area contributed by atoms with E-state index >= 15 is 0 Å². The molecule has 37 heavy (non-hydrogen) atoms. The molecule has 0 bridgehead atoms. The number of benzene rings is 2. The molecule has 0 atom stereocenters. The van der Waals surface area contributed by atoms with Gasteiger partial charge in [0.1, 0.15) is 5.69 Å². The molecule has 9 nitrogen and oxygen atoms in total. The molecular weight excluding hydrogens is 468 g/mol. The van der Waals surface area contributed by atoms with Gasteiger partial charge in [-0.05, 0) is 69.2 Å². The van der Waals surface area contributed by atoms with Crippen LogP contribution in [0.2, 0.25) is 0 Å². The Morgan fingerprint density at radius 2 is 1.78 bits per heavy atom. The van der Waals surface area contributed by atoms with Gasteiger partial charge in [0.15, 0.2) is 0 Å². The zero-order chi connectivity index (χ0) is 26.7. The maximum Gasteiger partial charge on any atom is 0.284 e. The number of anilines is 3. The predicted octanol–water partition coefficient (Wildman–Crippen LogP) is 3.80. The fraction of sp³-hybridized carbons (Fsp3) is 0.321. The second-order valence-corrected chi connectivity index (χ2v) is 9.60. The van der Waals surface area contributed by atoms with Gasteiger partial charge in [0, 0.05) is 30.0 Å². The van der Waals surface area contributed by atoms with E-state index in [1.54, 1.807) is 69.3 Å². The molecule has 3 aromatic rings. The number of rotatable bonds is 5. The molecule has 1 saturated heterocycles. The first-order chi connectivity index (χ1) is 17.6. The van der Waals surface area contributed by atoms with Gasteiger partial charge in [-0.3, -0.25) is 9.59 Å². The van der Waals surface area contributed by atoms with Gasteiger partial charge in [0.2, 0.25) is 5.95 Å². The summed E-state index contributed by atoms with van der Waals surface area (Å²) >= 11 is 0. The van der Waals surface area contributed by atoms with Crippen molar-refractivity contribution in [3.8, 4) is 6.07 Å². The van der Waals surface area contributed by atoms with Crippen LogP contribution in [0, 0.1) is 25.2 Å². The molecule has 9 heteroatoms. The van der Waals surface area contributed by atoms with Crippen LogP contribution >= 0.6 is 0 Å². The number of carbonyl (C=O) groups is 2. The third kappa shape index (κ3) is 5.44. The molecule has 2 heterocycles. The third-order valence-corrected chi connectivity index (χ3v) is 6.39.